The predicted molar refractivity (Wildman–Crippen MR) is 108 cm³/mol. The third-order valence-electron chi connectivity index (χ3n) is 4.27. The normalized spacial score (nSPS) is 12.0. The Balaban J connectivity index is 2.28. The Labute approximate surface area is 157 Å². The lowest BCUT2D eigenvalue weighted by Crippen LogP contribution is -2.11. The standard InChI is InChI=1S/C23H24O2S/c1-18(2)20-14-16-23(17-15-20)26(25-19(3)24,21-10-6-4-7-11-21)22-12-8-5-9-13-22/h4-18H,1-3H3. The van der Waals surface area contributed by atoms with Crippen molar-refractivity contribution in [3.63, 3.8) is 0 Å². The molecule has 0 aliphatic heterocycles. The van der Waals surface area contributed by atoms with Crippen LogP contribution in [0.4, 0.5) is 0 Å². The molecule has 0 unspecified atom stereocenters. The van der Waals surface area contributed by atoms with Crippen molar-refractivity contribution in [1.82, 2.24) is 0 Å². The molecule has 0 bridgehead atoms. The molecule has 3 rings (SSSR count). The molecule has 134 valence electrons. The van der Waals surface area contributed by atoms with Crippen LogP contribution in [0.25, 0.3) is 0 Å². The van der Waals surface area contributed by atoms with Crippen LogP contribution in [-0.4, -0.2) is 5.97 Å². The summed E-state index contributed by atoms with van der Waals surface area (Å²) in [4.78, 5) is 15.2. The Morgan fingerprint density at radius 3 is 1.54 bits per heavy atom. The van der Waals surface area contributed by atoms with Gasteiger partial charge in [0.15, 0.2) is 0 Å². The average molecular weight is 365 g/mol. The first-order valence-corrected chi connectivity index (χ1v) is 10.3. The molecule has 26 heavy (non-hydrogen) atoms. The number of carbonyl (C=O) groups is 1. The van der Waals surface area contributed by atoms with E-state index >= 15 is 0 Å². The number of hydrogen-bond donors (Lipinski definition) is 0. The van der Waals surface area contributed by atoms with Gasteiger partial charge >= 0.3 is 5.97 Å². The molecule has 0 aliphatic rings. The van der Waals surface area contributed by atoms with E-state index in [1.165, 1.54) is 12.5 Å². The molecule has 0 saturated carbocycles. The van der Waals surface area contributed by atoms with Crippen LogP contribution in [0.5, 0.6) is 0 Å². The SMILES string of the molecule is CC(=O)OS(c1ccccc1)(c1ccccc1)c1ccc(C(C)C)cc1. The van der Waals surface area contributed by atoms with Crippen LogP contribution in [0.15, 0.2) is 99.6 Å². The number of benzene rings is 3. The third kappa shape index (κ3) is 3.54. The highest BCUT2D eigenvalue weighted by Crippen LogP contribution is 2.69. The highest BCUT2D eigenvalue weighted by atomic mass is 32.3. The van der Waals surface area contributed by atoms with Crippen molar-refractivity contribution in [3.05, 3.63) is 90.5 Å². The van der Waals surface area contributed by atoms with Gasteiger partial charge in [0.05, 0.1) is 0 Å². The summed E-state index contributed by atoms with van der Waals surface area (Å²) in [6.45, 7) is 5.83. The molecule has 0 aliphatic carbocycles. The van der Waals surface area contributed by atoms with E-state index in [0.717, 1.165) is 14.7 Å². The van der Waals surface area contributed by atoms with Gasteiger partial charge in [-0.25, -0.2) is 0 Å². The quantitative estimate of drug-likeness (QED) is 0.512. The fourth-order valence-corrected chi connectivity index (χ4v) is 6.05. The molecule has 0 N–H and O–H groups in total. The minimum absolute atomic E-state index is 0.277. The molecule has 3 aromatic rings. The monoisotopic (exact) mass is 364 g/mol. The summed E-state index contributed by atoms with van der Waals surface area (Å²) >= 11 is 0. The van der Waals surface area contributed by atoms with Crippen LogP contribution >= 0.6 is 10.3 Å². The molecule has 2 nitrogen and oxygen atoms in total. The van der Waals surface area contributed by atoms with Crippen molar-refractivity contribution in [2.45, 2.75) is 41.4 Å². The fraction of sp³-hybridized carbons (Fsp3) is 0.174. The zero-order valence-corrected chi connectivity index (χ0v) is 16.2. The Morgan fingerprint density at radius 1 is 0.731 bits per heavy atom. The summed E-state index contributed by atoms with van der Waals surface area (Å²) < 4.78 is 6.14. The Kier molecular flexibility index (Phi) is 5.48. The van der Waals surface area contributed by atoms with Crippen LogP contribution in [0.2, 0.25) is 0 Å². The van der Waals surface area contributed by atoms with Crippen LogP contribution in [-0.2, 0) is 8.98 Å². The topological polar surface area (TPSA) is 26.3 Å². The Morgan fingerprint density at radius 2 is 1.15 bits per heavy atom. The first-order chi connectivity index (χ1) is 12.5. The van der Waals surface area contributed by atoms with Crippen LogP contribution in [0.3, 0.4) is 0 Å². The van der Waals surface area contributed by atoms with E-state index in [1.807, 2.05) is 60.7 Å². The van der Waals surface area contributed by atoms with Gasteiger partial charge in [-0.05, 0) is 58.2 Å². The highest BCUT2D eigenvalue weighted by Gasteiger charge is 2.34. The van der Waals surface area contributed by atoms with Gasteiger partial charge in [-0.3, -0.25) is 4.79 Å². The zero-order valence-electron chi connectivity index (χ0n) is 15.4. The second-order valence-electron chi connectivity index (χ2n) is 6.48. The van der Waals surface area contributed by atoms with Gasteiger partial charge in [0.1, 0.15) is 0 Å². The lowest BCUT2D eigenvalue weighted by molar-refractivity contribution is -0.131. The summed E-state index contributed by atoms with van der Waals surface area (Å²) in [6, 6.07) is 28.6. The van der Waals surface area contributed by atoms with Gasteiger partial charge in [0.2, 0.25) is 0 Å². The molecule has 0 heterocycles. The van der Waals surface area contributed by atoms with Crippen LogP contribution < -0.4 is 0 Å². The maximum Gasteiger partial charge on any atom is 0.313 e. The second-order valence-corrected chi connectivity index (χ2v) is 9.17. The minimum atomic E-state index is -2.12. The molecule has 0 spiro atoms. The van der Waals surface area contributed by atoms with Crippen molar-refractivity contribution in [2.24, 2.45) is 0 Å². The van der Waals surface area contributed by atoms with Crippen molar-refractivity contribution >= 4 is 16.3 Å². The molecule has 0 saturated heterocycles. The van der Waals surface area contributed by atoms with E-state index < -0.39 is 10.3 Å². The Hall–Kier alpha value is -2.52. The van der Waals surface area contributed by atoms with Gasteiger partial charge in [-0.15, -0.1) is 0 Å². The molecule has 0 radical (unpaired) electrons. The minimum Gasteiger partial charge on any atom is -0.402 e. The number of hydrogen-bond acceptors (Lipinski definition) is 2. The molecule has 0 atom stereocenters. The Bertz CT molecular complexity index is 816. The predicted octanol–water partition coefficient (Wildman–Crippen LogP) is 6.57. The highest BCUT2D eigenvalue weighted by molar-refractivity contribution is 8.30. The van der Waals surface area contributed by atoms with Gasteiger partial charge in [0.25, 0.3) is 0 Å². The van der Waals surface area contributed by atoms with E-state index in [0.29, 0.717) is 5.92 Å². The third-order valence-corrected chi connectivity index (χ3v) is 7.56. The van der Waals surface area contributed by atoms with Gasteiger partial charge in [-0.2, -0.15) is 0 Å². The second kappa shape index (κ2) is 7.79. The zero-order chi connectivity index (χ0) is 18.6. The lowest BCUT2D eigenvalue weighted by Gasteiger charge is -2.39. The molecular formula is C23H24O2S. The molecule has 0 fully saturated rings. The summed E-state index contributed by atoms with van der Waals surface area (Å²) in [7, 11) is -2.12. The van der Waals surface area contributed by atoms with Crippen LogP contribution in [0.1, 0.15) is 32.3 Å². The summed E-state index contributed by atoms with van der Waals surface area (Å²) in [5.41, 5.74) is 1.27. The van der Waals surface area contributed by atoms with Crippen molar-refractivity contribution in [3.8, 4) is 0 Å². The van der Waals surface area contributed by atoms with E-state index in [4.69, 9.17) is 4.18 Å². The molecule has 0 aromatic heterocycles. The van der Waals surface area contributed by atoms with Crippen molar-refractivity contribution in [2.75, 3.05) is 0 Å². The number of rotatable bonds is 5. The first kappa shape index (κ1) is 18.3. The summed E-state index contributed by atoms with van der Waals surface area (Å²) in [5, 5.41) is 0. The summed E-state index contributed by atoms with van der Waals surface area (Å²) in [6.07, 6.45) is 0. The van der Waals surface area contributed by atoms with E-state index in [-0.39, 0.29) is 5.97 Å². The van der Waals surface area contributed by atoms with Gasteiger partial charge in [0, 0.05) is 21.6 Å². The molecule has 3 heteroatoms. The first-order valence-electron chi connectivity index (χ1n) is 8.77. The molecule has 3 aromatic carbocycles. The van der Waals surface area contributed by atoms with E-state index in [9.17, 15) is 4.79 Å². The lowest BCUT2D eigenvalue weighted by atomic mass is 10.0. The largest absolute Gasteiger partial charge is 0.402 e. The smallest absolute Gasteiger partial charge is 0.313 e. The molecule has 0 amide bonds. The fourth-order valence-electron chi connectivity index (χ4n) is 3.00. The maximum absolute atomic E-state index is 12.2. The van der Waals surface area contributed by atoms with E-state index in [1.54, 1.807) is 0 Å². The molecular weight excluding hydrogens is 340 g/mol. The van der Waals surface area contributed by atoms with E-state index in [2.05, 4.69) is 38.1 Å². The van der Waals surface area contributed by atoms with Gasteiger partial charge in [-0.1, -0.05) is 62.4 Å². The van der Waals surface area contributed by atoms with Gasteiger partial charge < -0.3 is 4.18 Å². The van der Waals surface area contributed by atoms with Crippen molar-refractivity contribution < 1.29 is 8.98 Å². The summed E-state index contributed by atoms with van der Waals surface area (Å²) in [5.74, 6) is 0.177. The van der Waals surface area contributed by atoms with Crippen molar-refractivity contribution in [1.29, 1.82) is 0 Å². The van der Waals surface area contributed by atoms with Crippen LogP contribution in [0, 0.1) is 0 Å². The maximum atomic E-state index is 12.2. The number of carbonyl (C=O) groups excluding carboxylic acids is 1. The average Bonchev–Trinajstić information content (AvgIpc) is 2.67.